The van der Waals surface area contributed by atoms with Crippen LogP contribution in [0.4, 0.5) is 0 Å². The molecular weight excluding hydrogens is 324 g/mol. The van der Waals surface area contributed by atoms with Gasteiger partial charge in [0.15, 0.2) is 0 Å². The third-order valence-electron chi connectivity index (χ3n) is 4.41. The zero-order chi connectivity index (χ0) is 16.8. The van der Waals surface area contributed by atoms with Gasteiger partial charge in [0.1, 0.15) is 11.6 Å². The number of nitrogens with zero attached hydrogens (tertiary/aromatic N) is 3. The van der Waals surface area contributed by atoms with E-state index in [4.69, 9.17) is 11.6 Å². The quantitative estimate of drug-likeness (QED) is 0.874. The molecule has 3 rings (SSSR count). The molecule has 0 saturated carbocycles. The minimum absolute atomic E-state index is 0.0700. The van der Waals surface area contributed by atoms with Crippen LogP contribution < -0.4 is 5.32 Å². The van der Waals surface area contributed by atoms with Crippen LogP contribution in [0.2, 0.25) is 5.02 Å². The second kappa shape index (κ2) is 8.29. The van der Waals surface area contributed by atoms with Crippen molar-refractivity contribution in [3.63, 3.8) is 0 Å². The van der Waals surface area contributed by atoms with E-state index < -0.39 is 0 Å². The molecule has 0 fully saturated rings. The fourth-order valence-corrected chi connectivity index (χ4v) is 3.17. The summed E-state index contributed by atoms with van der Waals surface area (Å²) in [6, 6.07) is 7.62. The molecule has 1 aromatic heterocycles. The van der Waals surface area contributed by atoms with E-state index in [0.717, 1.165) is 48.0 Å². The number of benzene rings is 1. The highest BCUT2D eigenvalue weighted by molar-refractivity contribution is 6.30. The number of rotatable bonds is 6. The summed E-state index contributed by atoms with van der Waals surface area (Å²) in [5.74, 6) is 2.15. The zero-order valence-corrected chi connectivity index (χ0v) is 14.6. The van der Waals surface area contributed by atoms with Crippen LogP contribution in [0.1, 0.15) is 42.9 Å². The van der Waals surface area contributed by atoms with Crippen molar-refractivity contribution in [3.8, 4) is 0 Å². The van der Waals surface area contributed by atoms with Gasteiger partial charge in [0.2, 0.25) is 5.91 Å². The van der Waals surface area contributed by atoms with Gasteiger partial charge in [0.25, 0.3) is 0 Å². The highest BCUT2D eigenvalue weighted by Crippen LogP contribution is 2.14. The van der Waals surface area contributed by atoms with Crippen molar-refractivity contribution in [1.29, 1.82) is 0 Å². The number of hydrogen-bond donors (Lipinski definition) is 1. The number of aryl methyl sites for hydroxylation is 2. The molecule has 0 atom stereocenters. The molecule has 0 spiro atoms. The average molecular weight is 347 g/mol. The molecule has 0 unspecified atom stereocenters. The number of aromatic nitrogens is 3. The monoisotopic (exact) mass is 346 g/mol. The largest absolute Gasteiger partial charge is 0.356 e. The maximum Gasteiger partial charge on any atom is 0.220 e. The van der Waals surface area contributed by atoms with Crippen LogP contribution in [0.25, 0.3) is 0 Å². The summed E-state index contributed by atoms with van der Waals surface area (Å²) >= 11 is 5.86. The summed E-state index contributed by atoms with van der Waals surface area (Å²) in [4.78, 5) is 12.0. The zero-order valence-electron chi connectivity index (χ0n) is 13.8. The number of carbonyl (C=O) groups is 1. The van der Waals surface area contributed by atoms with Crippen molar-refractivity contribution in [1.82, 2.24) is 20.1 Å². The third kappa shape index (κ3) is 4.57. The Labute approximate surface area is 147 Å². The average Bonchev–Trinajstić information content (AvgIpc) is 2.81. The van der Waals surface area contributed by atoms with Crippen molar-refractivity contribution in [3.05, 3.63) is 46.5 Å². The number of nitrogens with one attached hydrogen (secondary N) is 1. The number of fused-ring (bicyclic) bond motifs is 1. The lowest BCUT2D eigenvalue weighted by Gasteiger charge is -2.08. The van der Waals surface area contributed by atoms with Gasteiger partial charge in [-0.2, -0.15) is 0 Å². The van der Waals surface area contributed by atoms with E-state index in [1.54, 1.807) is 0 Å². The van der Waals surface area contributed by atoms with Gasteiger partial charge in [0.05, 0.1) is 0 Å². The molecule has 0 saturated heterocycles. The van der Waals surface area contributed by atoms with Crippen LogP contribution in [0.15, 0.2) is 24.3 Å². The van der Waals surface area contributed by atoms with Gasteiger partial charge in [0, 0.05) is 37.4 Å². The molecule has 2 aromatic rings. The molecule has 0 bridgehead atoms. The fourth-order valence-electron chi connectivity index (χ4n) is 3.04. The van der Waals surface area contributed by atoms with Gasteiger partial charge in [-0.05, 0) is 37.0 Å². The van der Waals surface area contributed by atoms with Crippen LogP contribution in [0, 0.1) is 0 Å². The lowest BCUT2D eigenvalue weighted by molar-refractivity contribution is -0.121. The van der Waals surface area contributed by atoms with Crippen LogP contribution in [-0.4, -0.2) is 27.2 Å². The molecule has 128 valence electrons. The Hall–Kier alpha value is -1.88. The Kier molecular flexibility index (Phi) is 5.86. The first-order chi connectivity index (χ1) is 11.7. The molecule has 5 nitrogen and oxygen atoms in total. The first kappa shape index (κ1) is 17.0. The molecule has 1 aromatic carbocycles. The summed E-state index contributed by atoms with van der Waals surface area (Å²) in [5, 5.41) is 12.3. The van der Waals surface area contributed by atoms with Crippen molar-refractivity contribution >= 4 is 17.5 Å². The summed E-state index contributed by atoms with van der Waals surface area (Å²) in [5.41, 5.74) is 1.12. The van der Waals surface area contributed by atoms with Gasteiger partial charge >= 0.3 is 0 Å². The Morgan fingerprint density at radius 3 is 2.79 bits per heavy atom. The highest BCUT2D eigenvalue weighted by atomic mass is 35.5. The van der Waals surface area contributed by atoms with Gasteiger partial charge in [-0.3, -0.25) is 4.79 Å². The summed E-state index contributed by atoms with van der Waals surface area (Å²) in [6.07, 6.45) is 6.60. The summed E-state index contributed by atoms with van der Waals surface area (Å²) in [7, 11) is 0. The van der Waals surface area contributed by atoms with Crippen LogP contribution >= 0.6 is 11.6 Å². The molecule has 6 heteroatoms. The lowest BCUT2D eigenvalue weighted by Crippen LogP contribution is -2.26. The smallest absolute Gasteiger partial charge is 0.220 e. The van der Waals surface area contributed by atoms with E-state index in [-0.39, 0.29) is 5.91 Å². The minimum Gasteiger partial charge on any atom is -0.356 e. The topological polar surface area (TPSA) is 59.8 Å². The first-order valence-electron chi connectivity index (χ1n) is 8.64. The van der Waals surface area contributed by atoms with Gasteiger partial charge in [-0.15, -0.1) is 10.2 Å². The SMILES string of the molecule is O=C(CCc1ccc(Cl)cc1)NCCc1nnc2n1CCCCC2. The second-order valence-electron chi connectivity index (χ2n) is 6.22. The Morgan fingerprint density at radius 2 is 1.96 bits per heavy atom. The van der Waals surface area contributed by atoms with Gasteiger partial charge < -0.3 is 9.88 Å². The normalized spacial score (nSPS) is 14.0. The Bertz CT molecular complexity index is 681. The van der Waals surface area contributed by atoms with Crippen LogP contribution in [-0.2, 0) is 30.6 Å². The number of carbonyl (C=O) groups excluding carboxylic acids is 1. The van der Waals surface area contributed by atoms with Crippen LogP contribution in [0.5, 0.6) is 0 Å². The standard InChI is InChI=1S/C18H23ClN4O/c19-15-8-5-14(6-9-15)7-10-18(24)20-12-11-17-22-21-16-4-2-1-3-13-23(16)17/h5-6,8-9H,1-4,7,10-13H2,(H,20,24). The maximum absolute atomic E-state index is 12.0. The fraction of sp³-hybridized carbons (Fsp3) is 0.500. The number of halogens is 1. The van der Waals surface area contributed by atoms with Crippen molar-refractivity contribution < 1.29 is 4.79 Å². The first-order valence-corrected chi connectivity index (χ1v) is 9.02. The number of hydrogen-bond acceptors (Lipinski definition) is 3. The van der Waals surface area contributed by atoms with Crippen molar-refractivity contribution in [2.45, 2.75) is 51.5 Å². The molecule has 2 heterocycles. The van der Waals surface area contributed by atoms with E-state index in [1.807, 2.05) is 24.3 Å². The third-order valence-corrected chi connectivity index (χ3v) is 4.66. The molecule has 24 heavy (non-hydrogen) atoms. The predicted octanol–water partition coefficient (Wildman–Crippen LogP) is 2.95. The van der Waals surface area contributed by atoms with Gasteiger partial charge in [-0.25, -0.2) is 0 Å². The van der Waals surface area contributed by atoms with E-state index in [2.05, 4.69) is 20.1 Å². The predicted molar refractivity (Wildman–Crippen MR) is 94.1 cm³/mol. The molecule has 0 aliphatic carbocycles. The molecule has 1 amide bonds. The van der Waals surface area contributed by atoms with E-state index in [1.165, 1.54) is 19.3 Å². The van der Waals surface area contributed by atoms with E-state index in [9.17, 15) is 4.79 Å². The highest BCUT2D eigenvalue weighted by Gasteiger charge is 2.14. The van der Waals surface area contributed by atoms with Gasteiger partial charge in [-0.1, -0.05) is 30.2 Å². The van der Waals surface area contributed by atoms with Crippen molar-refractivity contribution in [2.24, 2.45) is 0 Å². The maximum atomic E-state index is 12.0. The Morgan fingerprint density at radius 1 is 1.12 bits per heavy atom. The summed E-state index contributed by atoms with van der Waals surface area (Å²) < 4.78 is 2.23. The molecular formula is C18H23ClN4O. The Balaban J connectivity index is 1.42. The van der Waals surface area contributed by atoms with Crippen molar-refractivity contribution in [2.75, 3.05) is 6.54 Å². The summed E-state index contributed by atoms with van der Waals surface area (Å²) in [6.45, 7) is 1.61. The molecule has 0 radical (unpaired) electrons. The second-order valence-corrected chi connectivity index (χ2v) is 6.66. The number of amides is 1. The minimum atomic E-state index is 0.0700. The molecule has 1 aliphatic rings. The molecule has 1 aliphatic heterocycles. The van der Waals surface area contributed by atoms with E-state index in [0.29, 0.717) is 13.0 Å². The lowest BCUT2D eigenvalue weighted by atomic mass is 10.1. The van der Waals surface area contributed by atoms with Crippen LogP contribution in [0.3, 0.4) is 0 Å². The van der Waals surface area contributed by atoms with E-state index >= 15 is 0 Å². The molecule has 1 N–H and O–H groups in total.